The van der Waals surface area contributed by atoms with Gasteiger partial charge >= 0.3 is 0 Å². The Labute approximate surface area is 131 Å². The van der Waals surface area contributed by atoms with Crippen LogP contribution in [-0.2, 0) is 11.3 Å². The van der Waals surface area contributed by atoms with Gasteiger partial charge < -0.3 is 5.32 Å². The lowest BCUT2D eigenvalue weighted by atomic mass is 10.2. The molecule has 1 aromatic heterocycles. The third-order valence-electron chi connectivity index (χ3n) is 3.16. The summed E-state index contributed by atoms with van der Waals surface area (Å²) in [6, 6.07) is 9.49. The van der Waals surface area contributed by atoms with Gasteiger partial charge in [-0.15, -0.1) is 0 Å². The summed E-state index contributed by atoms with van der Waals surface area (Å²) in [6.07, 6.45) is 0. The number of nitrogens with one attached hydrogen (secondary N) is 1. The highest BCUT2D eigenvalue weighted by atomic mass is 79.9. The number of rotatable bonds is 5. The molecule has 2 aromatic rings. The Morgan fingerprint density at radius 3 is 2.65 bits per heavy atom. The second kappa shape index (κ2) is 7.02. The van der Waals surface area contributed by atoms with Crippen molar-refractivity contribution >= 4 is 38.9 Å². The molecule has 1 N–H and O–H groups in total. The van der Waals surface area contributed by atoms with Crippen LogP contribution in [0.5, 0.6) is 0 Å². The predicted octanol–water partition coefficient (Wildman–Crippen LogP) is 3.97. The van der Waals surface area contributed by atoms with Crippen molar-refractivity contribution in [3.63, 3.8) is 0 Å². The maximum Gasteiger partial charge on any atom is 0.241 e. The quantitative estimate of drug-likeness (QED) is 0.882. The van der Waals surface area contributed by atoms with Crippen LogP contribution in [0.3, 0.4) is 0 Å². The molecule has 0 aliphatic rings. The van der Waals surface area contributed by atoms with Gasteiger partial charge in [0, 0.05) is 16.7 Å². The topological polar surface area (TPSA) is 32.3 Å². The Bertz CT molecular complexity index is 554. The second-order valence-electron chi connectivity index (χ2n) is 4.72. The molecule has 0 fully saturated rings. The molecule has 0 spiro atoms. The molecule has 0 bridgehead atoms. The fraction of sp³-hybridized carbons (Fsp3) is 0.267. The number of carbonyl (C=O) groups is 1. The summed E-state index contributed by atoms with van der Waals surface area (Å²) in [7, 11) is 1.96. The fourth-order valence-corrected chi connectivity index (χ4v) is 2.71. The first kappa shape index (κ1) is 15.2. The SMILES string of the molecule is C[C@H](C(=O)Nc1ccc(Br)cc1)N(C)Cc1ccsc1. The molecule has 20 heavy (non-hydrogen) atoms. The normalized spacial score (nSPS) is 12.4. The Hall–Kier alpha value is -1.17. The van der Waals surface area contributed by atoms with E-state index in [0.717, 1.165) is 16.7 Å². The first-order valence-electron chi connectivity index (χ1n) is 6.34. The zero-order valence-corrected chi connectivity index (χ0v) is 13.9. The number of hydrogen-bond donors (Lipinski definition) is 1. The maximum atomic E-state index is 12.2. The zero-order chi connectivity index (χ0) is 14.5. The van der Waals surface area contributed by atoms with Crippen molar-refractivity contribution in [3.05, 3.63) is 51.1 Å². The molecular weight excluding hydrogens is 336 g/mol. The highest BCUT2D eigenvalue weighted by Gasteiger charge is 2.18. The van der Waals surface area contributed by atoms with E-state index >= 15 is 0 Å². The fourth-order valence-electron chi connectivity index (χ4n) is 1.79. The molecule has 1 atom stereocenters. The number of nitrogens with zero attached hydrogens (tertiary/aromatic N) is 1. The van der Waals surface area contributed by atoms with Gasteiger partial charge in [-0.2, -0.15) is 11.3 Å². The summed E-state index contributed by atoms with van der Waals surface area (Å²) in [5, 5.41) is 7.09. The number of carbonyl (C=O) groups excluding carboxylic acids is 1. The van der Waals surface area contributed by atoms with Crippen molar-refractivity contribution in [2.24, 2.45) is 0 Å². The van der Waals surface area contributed by atoms with E-state index in [1.807, 2.05) is 43.1 Å². The number of hydrogen-bond acceptors (Lipinski definition) is 3. The van der Waals surface area contributed by atoms with Gasteiger partial charge in [0.15, 0.2) is 0 Å². The molecule has 0 unspecified atom stereocenters. The maximum absolute atomic E-state index is 12.2. The molecule has 1 heterocycles. The van der Waals surface area contributed by atoms with Crippen LogP contribution < -0.4 is 5.32 Å². The molecule has 0 aliphatic carbocycles. The predicted molar refractivity (Wildman–Crippen MR) is 88.0 cm³/mol. The van der Waals surface area contributed by atoms with E-state index in [-0.39, 0.29) is 11.9 Å². The van der Waals surface area contributed by atoms with E-state index < -0.39 is 0 Å². The van der Waals surface area contributed by atoms with Gasteiger partial charge in [0.2, 0.25) is 5.91 Å². The Balaban J connectivity index is 1.92. The molecule has 106 valence electrons. The largest absolute Gasteiger partial charge is 0.325 e. The number of likely N-dealkylation sites (N-methyl/N-ethyl adjacent to an activating group) is 1. The van der Waals surface area contributed by atoms with E-state index in [1.165, 1.54) is 5.56 Å². The Morgan fingerprint density at radius 1 is 1.35 bits per heavy atom. The molecule has 1 aromatic carbocycles. The molecule has 5 heteroatoms. The third kappa shape index (κ3) is 4.16. The Morgan fingerprint density at radius 2 is 2.05 bits per heavy atom. The van der Waals surface area contributed by atoms with Gasteiger partial charge in [0.1, 0.15) is 0 Å². The average Bonchev–Trinajstić information content (AvgIpc) is 2.93. The van der Waals surface area contributed by atoms with E-state index in [4.69, 9.17) is 0 Å². The summed E-state index contributed by atoms with van der Waals surface area (Å²) >= 11 is 5.05. The lowest BCUT2D eigenvalue weighted by Gasteiger charge is -2.23. The van der Waals surface area contributed by atoms with E-state index in [9.17, 15) is 4.79 Å². The van der Waals surface area contributed by atoms with E-state index in [2.05, 4.69) is 38.1 Å². The molecule has 0 saturated carbocycles. The summed E-state index contributed by atoms with van der Waals surface area (Å²) in [5.74, 6) is 0.00468. The first-order chi connectivity index (χ1) is 9.56. The minimum atomic E-state index is -0.182. The number of amides is 1. The minimum absolute atomic E-state index is 0.00468. The van der Waals surface area contributed by atoms with Crippen LogP contribution in [0.1, 0.15) is 12.5 Å². The van der Waals surface area contributed by atoms with Crippen LogP contribution in [0.25, 0.3) is 0 Å². The highest BCUT2D eigenvalue weighted by molar-refractivity contribution is 9.10. The summed E-state index contributed by atoms with van der Waals surface area (Å²) in [4.78, 5) is 14.2. The van der Waals surface area contributed by atoms with Crippen LogP contribution in [0.4, 0.5) is 5.69 Å². The van der Waals surface area contributed by atoms with Gasteiger partial charge in [-0.3, -0.25) is 9.69 Å². The third-order valence-corrected chi connectivity index (χ3v) is 4.43. The molecule has 2 rings (SSSR count). The van der Waals surface area contributed by atoms with Gasteiger partial charge in [-0.1, -0.05) is 15.9 Å². The van der Waals surface area contributed by atoms with Gasteiger partial charge in [-0.25, -0.2) is 0 Å². The van der Waals surface area contributed by atoms with Crippen LogP contribution in [0.2, 0.25) is 0 Å². The van der Waals surface area contributed by atoms with Gasteiger partial charge in [0.25, 0.3) is 0 Å². The number of halogens is 1. The van der Waals surface area contributed by atoms with E-state index in [0.29, 0.717) is 0 Å². The van der Waals surface area contributed by atoms with Crippen LogP contribution in [0, 0.1) is 0 Å². The average molecular weight is 353 g/mol. The monoisotopic (exact) mass is 352 g/mol. The van der Waals surface area contributed by atoms with Gasteiger partial charge in [-0.05, 0) is 60.6 Å². The van der Waals surface area contributed by atoms with E-state index in [1.54, 1.807) is 11.3 Å². The molecule has 1 amide bonds. The zero-order valence-electron chi connectivity index (χ0n) is 11.5. The van der Waals surface area contributed by atoms with Crippen molar-refractivity contribution in [2.45, 2.75) is 19.5 Å². The number of anilines is 1. The Kier molecular flexibility index (Phi) is 5.34. The number of thiophene rings is 1. The highest BCUT2D eigenvalue weighted by Crippen LogP contribution is 2.15. The minimum Gasteiger partial charge on any atom is -0.325 e. The van der Waals surface area contributed by atoms with Crippen molar-refractivity contribution in [2.75, 3.05) is 12.4 Å². The lowest BCUT2D eigenvalue weighted by molar-refractivity contribution is -0.120. The lowest BCUT2D eigenvalue weighted by Crippen LogP contribution is -2.39. The van der Waals surface area contributed by atoms with Crippen LogP contribution in [0.15, 0.2) is 45.6 Å². The summed E-state index contributed by atoms with van der Waals surface area (Å²) in [5.41, 5.74) is 2.05. The molecule has 0 aliphatic heterocycles. The second-order valence-corrected chi connectivity index (χ2v) is 6.41. The summed E-state index contributed by atoms with van der Waals surface area (Å²) < 4.78 is 0.998. The van der Waals surface area contributed by atoms with Crippen molar-refractivity contribution < 1.29 is 4.79 Å². The van der Waals surface area contributed by atoms with Crippen molar-refractivity contribution in [1.29, 1.82) is 0 Å². The standard InChI is InChI=1S/C15H17BrN2OS/c1-11(18(2)9-12-7-8-20-10-12)15(19)17-14-5-3-13(16)4-6-14/h3-8,10-11H,9H2,1-2H3,(H,17,19)/t11-/m1/s1. The molecule has 0 radical (unpaired) electrons. The molecular formula is C15H17BrN2OS. The summed E-state index contributed by atoms with van der Waals surface area (Å²) in [6.45, 7) is 2.69. The molecule has 3 nitrogen and oxygen atoms in total. The number of benzene rings is 1. The van der Waals surface area contributed by atoms with Crippen LogP contribution in [-0.4, -0.2) is 23.9 Å². The smallest absolute Gasteiger partial charge is 0.241 e. The van der Waals surface area contributed by atoms with Gasteiger partial charge in [0.05, 0.1) is 6.04 Å². The van der Waals surface area contributed by atoms with Crippen molar-refractivity contribution in [3.8, 4) is 0 Å². The van der Waals surface area contributed by atoms with Crippen molar-refractivity contribution in [1.82, 2.24) is 4.90 Å². The van der Waals surface area contributed by atoms with Crippen LogP contribution >= 0.6 is 27.3 Å². The first-order valence-corrected chi connectivity index (χ1v) is 8.07. The molecule has 0 saturated heterocycles.